The number of hydrogen-bond acceptors (Lipinski definition) is 5. The van der Waals surface area contributed by atoms with Crippen molar-refractivity contribution in [2.45, 2.75) is 0 Å². The SMILES string of the molecule is COC(=O)C1=C(c2cccc(C3=NCCO3)c2)COC1. The van der Waals surface area contributed by atoms with Crippen LogP contribution in [0.15, 0.2) is 34.8 Å². The lowest BCUT2D eigenvalue weighted by atomic mass is 10.00. The fourth-order valence-electron chi connectivity index (χ4n) is 2.34. The van der Waals surface area contributed by atoms with Crippen molar-refractivity contribution in [1.29, 1.82) is 0 Å². The number of carbonyl (C=O) groups excluding carboxylic acids is 1. The molecule has 0 N–H and O–H groups in total. The summed E-state index contributed by atoms with van der Waals surface area (Å²) in [6.07, 6.45) is 0. The molecule has 0 spiro atoms. The van der Waals surface area contributed by atoms with Gasteiger partial charge in [-0.05, 0) is 23.3 Å². The Labute approximate surface area is 116 Å². The van der Waals surface area contributed by atoms with Crippen molar-refractivity contribution in [2.24, 2.45) is 4.99 Å². The molecule has 0 aliphatic carbocycles. The van der Waals surface area contributed by atoms with Crippen LogP contribution in [0.3, 0.4) is 0 Å². The van der Waals surface area contributed by atoms with Crippen LogP contribution in [-0.4, -0.2) is 45.3 Å². The first-order valence-electron chi connectivity index (χ1n) is 6.45. The number of aliphatic imine (C=N–C) groups is 1. The number of carbonyl (C=O) groups is 1. The highest BCUT2D eigenvalue weighted by Crippen LogP contribution is 2.26. The van der Waals surface area contributed by atoms with Crippen molar-refractivity contribution in [3.05, 3.63) is 41.0 Å². The van der Waals surface area contributed by atoms with E-state index < -0.39 is 0 Å². The molecule has 5 nitrogen and oxygen atoms in total. The summed E-state index contributed by atoms with van der Waals surface area (Å²) in [4.78, 5) is 16.0. The van der Waals surface area contributed by atoms with E-state index in [0.717, 1.165) is 16.7 Å². The van der Waals surface area contributed by atoms with Gasteiger partial charge >= 0.3 is 5.97 Å². The summed E-state index contributed by atoms with van der Waals surface area (Å²) in [7, 11) is 1.38. The quantitative estimate of drug-likeness (QED) is 0.782. The van der Waals surface area contributed by atoms with Gasteiger partial charge in [0.25, 0.3) is 0 Å². The molecule has 2 aliphatic rings. The van der Waals surface area contributed by atoms with Gasteiger partial charge in [0.1, 0.15) is 6.61 Å². The fourth-order valence-corrected chi connectivity index (χ4v) is 2.34. The van der Waals surface area contributed by atoms with E-state index in [1.54, 1.807) is 0 Å². The highest BCUT2D eigenvalue weighted by molar-refractivity contribution is 6.00. The standard InChI is InChI=1S/C15H15NO4/c1-18-15(17)13-9-19-8-12(13)10-3-2-4-11(7-10)14-16-5-6-20-14/h2-4,7H,5-6,8-9H2,1H3. The van der Waals surface area contributed by atoms with E-state index in [1.165, 1.54) is 7.11 Å². The molecule has 2 aliphatic heterocycles. The summed E-state index contributed by atoms with van der Waals surface area (Å²) in [5.41, 5.74) is 3.32. The minimum absolute atomic E-state index is 0.295. The smallest absolute Gasteiger partial charge is 0.336 e. The average Bonchev–Trinajstić information content (AvgIpc) is 3.17. The molecule has 0 saturated heterocycles. The number of rotatable bonds is 3. The predicted octanol–water partition coefficient (Wildman–Crippen LogP) is 1.42. The van der Waals surface area contributed by atoms with Crippen molar-refractivity contribution >= 4 is 17.4 Å². The van der Waals surface area contributed by atoms with Crippen molar-refractivity contribution in [3.8, 4) is 0 Å². The van der Waals surface area contributed by atoms with Gasteiger partial charge < -0.3 is 14.2 Å². The molecule has 0 atom stereocenters. The fraction of sp³-hybridized carbons (Fsp3) is 0.333. The maximum Gasteiger partial charge on any atom is 0.336 e. The molecular formula is C15H15NO4. The zero-order valence-corrected chi connectivity index (χ0v) is 11.2. The number of benzene rings is 1. The second-order valence-corrected chi connectivity index (χ2v) is 4.56. The minimum atomic E-state index is -0.336. The molecular weight excluding hydrogens is 258 g/mol. The van der Waals surface area contributed by atoms with Gasteiger partial charge in [-0.3, -0.25) is 0 Å². The summed E-state index contributed by atoms with van der Waals surface area (Å²) in [5.74, 6) is 0.323. The third-order valence-corrected chi connectivity index (χ3v) is 3.33. The lowest BCUT2D eigenvalue weighted by Gasteiger charge is -2.07. The second-order valence-electron chi connectivity index (χ2n) is 4.56. The zero-order valence-electron chi connectivity index (χ0n) is 11.2. The first kappa shape index (κ1) is 12.9. The van der Waals surface area contributed by atoms with Crippen LogP contribution in [0.1, 0.15) is 11.1 Å². The van der Waals surface area contributed by atoms with Crippen molar-refractivity contribution < 1.29 is 19.0 Å². The number of nitrogens with zero attached hydrogens (tertiary/aromatic N) is 1. The molecule has 0 saturated carbocycles. The normalized spacial score (nSPS) is 17.9. The monoisotopic (exact) mass is 273 g/mol. The molecule has 1 aromatic rings. The second kappa shape index (κ2) is 5.46. The van der Waals surface area contributed by atoms with Gasteiger partial charge in [-0.2, -0.15) is 0 Å². The Kier molecular flexibility index (Phi) is 3.52. The molecule has 5 heteroatoms. The highest BCUT2D eigenvalue weighted by Gasteiger charge is 2.24. The molecule has 1 aromatic carbocycles. The van der Waals surface area contributed by atoms with Gasteiger partial charge in [0, 0.05) is 5.56 Å². The van der Waals surface area contributed by atoms with Crippen LogP contribution in [0.4, 0.5) is 0 Å². The zero-order chi connectivity index (χ0) is 13.9. The molecule has 104 valence electrons. The molecule has 0 aromatic heterocycles. The Morgan fingerprint density at radius 1 is 1.30 bits per heavy atom. The third-order valence-electron chi connectivity index (χ3n) is 3.33. The highest BCUT2D eigenvalue weighted by atomic mass is 16.5. The third kappa shape index (κ3) is 2.32. The summed E-state index contributed by atoms with van der Waals surface area (Å²) in [6.45, 7) is 2.03. The van der Waals surface area contributed by atoms with Crippen LogP contribution in [0, 0.1) is 0 Å². The van der Waals surface area contributed by atoms with E-state index in [1.807, 2.05) is 24.3 Å². The van der Waals surface area contributed by atoms with Crippen LogP contribution in [-0.2, 0) is 19.0 Å². The molecule has 0 unspecified atom stereocenters. The molecule has 20 heavy (non-hydrogen) atoms. The van der Waals surface area contributed by atoms with Gasteiger partial charge in [0.2, 0.25) is 5.90 Å². The number of hydrogen-bond donors (Lipinski definition) is 0. The van der Waals surface area contributed by atoms with Crippen LogP contribution in [0.5, 0.6) is 0 Å². The topological polar surface area (TPSA) is 57.1 Å². The molecule has 2 heterocycles. The van der Waals surface area contributed by atoms with E-state index in [9.17, 15) is 4.79 Å². The van der Waals surface area contributed by atoms with E-state index in [4.69, 9.17) is 14.2 Å². The van der Waals surface area contributed by atoms with E-state index >= 15 is 0 Å². The Morgan fingerprint density at radius 2 is 2.15 bits per heavy atom. The Balaban J connectivity index is 1.97. The maximum absolute atomic E-state index is 11.7. The average molecular weight is 273 g/mol. The lowest BCUT2D eigenvalue weighted by Crippen LogP contribution is -2.07. The van der Waals surface area contributed by atoms with Crippen LogP contribution < -0.4 is 0 Å². The van der Waals surface area contributed by atoms with E-state index in [0.29, 0.717) is 37.8 Å². The van der Waals surface area contributed by atoms with E-state index in [2.05, 4.69) is 4.99 Å². The predicted molar refractivity (Wildman–Crippen MR) is 73.6 cm³/mol. The van der Waals surface area contributed by atoms with Crippen LogP contribution >= 0.6 is 0 Å². The number of methoxy groups -OCH3 is 1. The summed E-state index contributed by atoms with van der Waals surface area (Å²) < 4.78 is 15.6. The van der Waals surface area contributed by atoms with Gasteiger partial charge in [-0.25, -0.2) is 9.79 Å². The molecule has 0 amide bonds. The first-order chi connectivity index (χ1) is 9.79. The minimum Gasteiger partial charge on any atom is -0.476 e. The van der Waals surface area contributed by atoms with Crippen LogP contribution in [0.25, 0.3) is 5.57 Å². The summed E-state index contributed by atoms with van der Waals surface area (Å²) in [5, 5.41) is 0. The number of ether oxygens (including phenoxy) is 3. The first-order valence-corrected chi connectivity index (χ1v) is 6.45. The Morgan fingerprint density at radius 3 is 2.90 bits per heavy atom. The largest absolute Gasteiger partial charge is 0.476 e. The van der Waals surface area contributed by atoms with Gasteiger partial charge in [-0.15, -0.1) is 0 Å². The summed E-state index contributed by atoms with van der Waals surface area (Å²) in [6, 6.07) is 7.79. The van der Waals surface area contributed by atoms with E-state index in [-0.39, 0.29) is 5.97 Å². The van der Waals surface area contributed by atoms with Crippen molar-refractivity contribution in [3.63, 3.8) is 0 Å². The summed E-state index contributed by atoms with van der Waals surface area (Å²) >= 11 is 0. The molecule has 0 radical (unpaired) electrons. The van der Waals surface area contributed by atoms with Crippen molar-refractivity contribution in [1.82, 2.24) is 0 Å². The molecule has 0 bridgehead atoms. The molecule has 0 fully saturated rings. The Hall–Kier alpha value is -2.14. The van der Waals surface area contributed by atoms with Gasteiger partial charge in [0.05, 0.1) is 32.4 Å². The lowest BCUT2D eigenvalue weighted by molar-refractivity contribution is -0.136. The molecule has 3 rings (SSSR count). The Bertz CT molecular complexity index is 604. The van der Waals surface area contributed by atoms with Gasteiger partial charge in [0.15, 0.2) is 0 Å². The van der Waals surface area contributed by atoms with Gasteiger partial charge in [-0.1, -0.05) is 12.1 Å². The number of esters is 1. The van der Waals surface area contributed by atoms with Crippen LogP contribution in [0.2, 0.25) is 0 Å². The van der Waals surface area contributed by atoms with Crippen molar-refractivity contribution in [2.75, 3.05) is 33.5 Å². The maximum atomic E-state index is 11.7.